The number of oxime groups is 1. The van der Waals surface area contributed by atoms with Crippen LogP contribution in [0.1, 0.15) is 49.1 Å². The van der Waals surface area contributed by atoms with Gasteiger partial charge in [-0.15, -0.1) is 0 Å². The molecule has 1 aliphatic heterocycles. The molecule has 1 saturated carbocycles. The predicted molar refractivity (Wildman–Crippen MR) is 117 cm³/mol. The summed E-state index contributed by atoms with van der Waals surface area (Å²) < 4.78 is 18.4. The van der Waals surface area contributed by atoms with E-state index in [1.165, 1.54) is 17.7 Å². The van der Waals surface area contributed by atoms with E-state index in [0.29, 0.717) is 17.5 Å². The fourth-order valence-corrected chi connectivity index (χ4v) is 4.88. The highest BCUT2D eigenvalue weighted by Gasteiger charge is 2.29. The van der Waals surface area contributed by atoms with Crippen LogP contribution in [0.2, 0.25) is 0 Å². The van der Waals surface area contributed by atoms with Gasteiger partial charge in [0.15, 0.2) is 5.58 Å². The van der Waals surface area contributed by atoms with Crippen LogP contribution in [0.3, 0.4) is 0 Å². The van der Waals surface area contributed by atoms with Gasteiger partial charge < -0.3 is 9.25 Å². The van der Waals surface area contributed by atoms with Crippen molar-refractivity contribution in [1.29, 1.82) is 0 Å². The van der Waals surface area contributed by atoms with Crippen molar-refractivity contribution in [3.8, 4) is 0 Å². The first-order chi connectivity index (χ1) is 15.0. The minimum atomic E-state index is -0.404. The van der Waals surface area contributed by atoms with E-state index < -0.39 is 5.76 Å². The Morgan fingerprint density at radius 3 is 2.68 bits per heavy atom. The van der Waals surface area contributed by atoms with Crippen LogP contribution in [0.25, 0.3) is 11.1 Å². The third kappa shape index (κ3) is 4.28. The molecule has 2 aromatic carbocycles. The second-order valence-corrected chi connectivity index (χ2v) is 8.69. The van der Waals surface area contributed by atoms with E-state index in [9.17, 15) is 9.18 Å². The summed E-state index contributed by atoms with van der Waals surface area (Å²) in [5, 5.41) is 4.23. The average molecular weight is 423 g/mol. The van der Waals surface area contributed by atoms with Gasteiger partial charge in [-0.05, 0) is 74.0 Å². The molecule has 5 rings (SSSR count). The number of benzene rings is 2. The van der Waals surface area contributed by atoms with E-state index in [1.807, 2.05) is 12.1 Å². The zero-order valence-electron chi connectivity index (χ0n) is 17.5. The quantitative estimate of drug-likeness (QED) is 0.660. The maximum absolute atomic E-state index is 13.1. The molecule has 0 spiro atoms. The largest absolute Gasteiger partial charge is 0.417 e. The van der Waals surface area contributed by atoms with Crippen LogP contribution in [0.5, 0.6) is 0 Å². The molecule has 2 heterocycles. The Morgan fingerprint density at radius 2 is 1.90 bits per heavy atom. The number of nitrogens with one attached hydrogen (secondary N) is 1. The number of halogens is 1. The number of hydrogen-bond donors (Lipinski definition) is 1. The summed E-state index contributed by atoms with van der Waals surface area (Å²) >= 11 is 0. The molecule has 7 heteroatoms. The third-order valence-electron chi connectivity index (χ3n) is 6.64. The van der Waals surface area contributed by atoms with Crippen LogP contribution >= 0.6 is 0 Å². The molecule has 1 fully saturated rings. The van der Waals surface area contributed by atoms with Crippen LogP contribution in [0.4, 0.5) is 4.39 Å². The molecule has 0 amide bonds. The second-order valence-electron chi connectivity index (χ2n) is 8.69. The summed E-state index contributed by atoms with van der Waals surface area (Å²) in [6, 6.07) is 13.0. The monoisotopic (exact) mass is 423 g/mol. The Morgan fingerprint density at radius 1 is 1.13 bits per heavy atom. The van der Waals surface area contributed by atoms with E-state index >= 15 is 0 Å². The number of likely N-dealkylation sites (N-methyl/N-ethyl adjacent to an activating group) is 1. The predicted octanol–water partition coefficient (Wildman–Crippen LogP) is 4.41. The molecule has 3 aromatic rings. The number of hydrogen-bond acceptors (Lipinski definition) is 5. The smallest absolute Gasteiger partial charge is 0.408 e. The van der Waals surface area contributed by atoms with Crippen molar-refractivity contribution < 1.29 is 13.6 Å². The molecule has 2 aliphatic rings. The number of fused-ring (bicyclic) bond motifs is 1. The van der Waals surface area contributed by atoms with Gasteiger partial charge in [-0.3, -0.25) is 9.88 Å². The molecule has 0 radical (unpaired) electrons. The van der Waals surface area contributed by atoms with Gasteiger partial charge in [0.2, 0.25) is 0 Å². The maximum Gasteiger partial charge on any atom is 0.417 e. The lowest BCUT2D eigenvalue weighted by atomic mass is 9.81. The molecule has 1 N–H and O–H groups in total. The molecular weight excluding hydrogens is 397 g/mol. The lowest BCUT2D eigenvalue weighted by molar-refractivity contribution is 0.0418. The highest BCUT2D eigenvalue weighted by atomic mass is 19.1. The molecule has 0 bridgehead atoms. The Labute approximate surface area is 179 Å². The Balaban J connectivity index is 1.14. The van der Waals surface area contributed by atoms with E-state index in [1.54, 1.807) is 12.1 Å². The number of aromatic amines is 1. The van der Waals surface area contributed by atoms with Gasteiger partial charge in [0, 0.05) is 19.0 Å². The first-order valence-corrected chi connectivity index (χ1v) is 10.9. The number of aromatic nitrogens is 1. The molecule has 1 atom stereocenters. The van der Waals surface area contributed by atoms with Gasteiger partial charge in [-0.2, -0.15) is 0 Å². The molecular formula is C24H26FN3O3. The summed E-state index contributed by atoms with van der Waals surface area (Å²) in [5.74, 6) is -0.156. The van der Waals surface area contributed by atoms with Crippen LogP contribution in [-0.4, -0.2) is 41.3 Å². The lowest BCUT2D eigenvalue weighted by Crippen LogP contribution is -2.39. The van der Waals surface area contributed by atoms with Gasteiger partial charge in [0.05, 0.1) is 11.2 Å². The maximum atomic E-state index is 13.1. The Kier molecular flexibility index (Phi) is 5.36. The van der Waals surface area contributed by atoms with Crippen molar-refractivity contribution in [2.24, 2.45) is 5.16 Å². The molecule has 1 aromatic heterocycles. The lowest BCUT2D eigenvalue weighted by Gasteiger charge is -2.35. The Bertz CT molecular complexity index is 1140. The van der Waals surface area contributed by atoms with Crippen molar-refractivity contribution in [3.05, 3.63) is 70.0 Å². The highest BCUT2D eigenvalue weighted by molar-refractivity contribution is 6.01. The molecule has 1 aliphatic carbocycles. The topological polar surface area (TPSA) is 70.8 Å². The molecule has 162 valence electrons. The minimum absolute atomic E-state index is 0.0293. The number of H-pyrrole nitrogens is 1. The van der Waals surface area contributed by atoms with E-state index in [-0.39, 0.29) is 11.9 Å². The first kappa shape index (κ1) is 20.0. The van der Waals surface area contributed by atoms with Gasteiger partial charge in [-0.25, -0.2) is 9.18 Å². The third-order valence-corrected chi connectivity index (χ3v) is 6.64. The average Bonchev–Trinajstić information content (AvgIpc) is 3.39. The van der Waals surface area contributed by atoms with Crippen molar-refractivity contribution in [2.45, 2.75) is 50.2 Å². The SMILES string of the molecule is CN(CC1CC(c2ccc(F)cc2)=NO1)[C@H]1CC[C@H](c2ccc3[nH]c(=O)oc3c2)CC1. The number of rotatable bonds is 5. The number of oxazole rings is 1. The highest BCUT2D eigenvalue weighted by Crippen LogP contribution is 2.35. The van der Waals surface area contributed by atoms with Gasteiger partial charge in [0.25, 0.3) is 0 Å². The van der Waals surface area contributed by atoms with Crippen LogP contribution < -0.4 is 5.76 Å². The van der Waals surface area contributed by atoms with Gasteiger partial charge in [-0.1, -0.05) is 23.4 Å². The van der Waals surface area contributed by atoms with Crippen molar-refractivity contribution in [3.63, 3.8) is 0 Å². The normalized spacial score (nSPS) is 23.8. The molecule has 1 unspecified atom stereocenters. The van der Waals surface area contributed by atoms with E-state index in [2.05, 4.69) is 28.2 Å². The van der Waals surface area contributed by atoms with E-state index in [4.69, 9.17) is 9.25 Å². The zero-order valence-corrected chi connectivity index (χ0v) is 17.5. The summed E-state index contributed by atoms with van der Waals surface area (Å²) in [7, 11) is 2.16. The van der Waals surface area contributed by atoms with Crippen LogP contribution in [0.15, 0.2) is 56.8 Å². The van der Waals surface area contributed by atoms with Gasteiger partial charge in [0.1, 0.15) is 11.9 Å². The summed E-state index contributed by atoms with van der Waals surface area (Å²) in [6.45, 7) is 0.823. The van der Waals surface area contributed by atoms with Crippen molar-refractivity contribution in [2.75, 3.05) is 13.6 Å². The Hall–Kier alpha value is -2.93. The van der Waals surface area contributed by atoms with Gasteiger partial charge >= 0.3 is 5.76 Å². The fourth-order valence-electron chi connectivity index (χ4n) is 4.88. The first-order valence-electron chi connectivity index (χ1n) is 10.9. The second kappa shape index (κ2) is 8.30. The van der Waals surface area contributed by atoms with Crippen LogP contribution in [-0.2, 0) is 4.84 Å². The summed E-state index contributed by atoms with van der Waals surface area (Å²) in [6.07, 6.45) is 5.23. The summed E-state index contributed by atoms with van der Waals surface area (Å²) in [5.41, 5.74) is 4.43. The van der Waals surface area contributed by atoms with Crippen molar-refractivity contribution >= 4 is 16.8 Å². The van der Waals surface area contributed by atoms with Crippen LogP contribution in [0, 0.1) is 5.82 Å². The molecule has 31 heavy (non-hydrogen) atoms. The standard InChI is InChI=1S/C24H26FN3O3/c1-28(14-20-13-22(27-31-20)16-2-7-18(25)8-3-16)19-9-4-15(5-10-19)17-6-11-21-23(12-17)30-24(29)26-21/h2-3,6-8,11-12,15,19-20H,4-5,9-10,13-14H2,1H3,(H,26,29)/t15-,19-,20?. The molecule has 6 nitrogen and oxygen atoms in total. The van der Waals surface area contributed by atoms with E-state index in [0.717, 1.165) is 55.4 Å². The zero-order chi connectivity index (χ0) is 21.4. The fraction of sp³-hybridized carbons (Fsp3) is 0.417. The summed E-state index contributed by atoms with van der Waals surface area (Å²) in [4.78, 5) is 22.1. The minimum Gasteiger partial charge on any atom is -0.408 e. The number of nitrogens with zero attached hydrogens (tertiary/aromatic N) is 2. The molecule has 0 saturated heterocycles. The van der Waals surface area contributed by atoms with Crippen molar-refractivity contribution in [1.82, 2.24) is 9.88 Å².